The van der Waals surface area contributed by atoms with E-state index in [2.05, 4.69) is 62.5 Å². The van der Waals surface area contributed by atoms with Gasteiger partial charge in [0.15, 0.2) is 0 Å². The zero-order valence-corrected chi connectivity index (χ0v) is 20.4. The molecule has 2 aromatic carbocycles. The molecular formula is C27H28BrN5. The summed E-state index contributed by atoms with van der Waals surface area (Å²) in [7, 11) is 0. The molecule has 6 heteroatoms. The van der Waals surface area contributed by atoms with Crippen LogP contribution in [0.1, 0.15) is 41.4 Å². The third-order valence-corrected chi connectivity index (χ3v) is 7.72. The molecule has 2 bridgehead atoms. The minimum absolute atomic E-state index is 0.463. The lowest BCUT2D eigenvalue weighted by Crippen LogP contribution is -2.55. The van der Waals surface area contributed by atoms with Crippen molar-refractivity contribution < 1.29 is 0 Å². The largest absolute Gasteiger partial charge is 0.311 e. The lowest BCUT2D eigenvalue weighted by Gasteiger charge is -2.50. The van der Waals surface area contributed by atoms with Gasteiger partial charge in [0.2, 0.25) is 0 Å². The first-order valence-electron chi connectivity index (χ1n) is 11.6. The summed E-state index contributed by atoms with van der Waals surface area (Å²) in [4.78, 5) is 12.3. The highest BCUT2D eigenvalue weighted by atomic mass is 79.9. The van der Waals surface area contributed by atoms with E-state index in [1.807, 2.05) is 31.2 Å². The second-order valence-corrected chi connectivity index (χ2v) is 10.0. The Labute approximate surface area is 204 Å². The molecule has 1 aromatic heterocycles. The molecule has 1 N–H and O–H groups in total. The third-order valence-electron chi connectivity index (χ3n) is 7.03. The third kappa shape index (κ3) is 4.86. The molecule has 0 amide bonds. The van der Waals surface area contributed by atoms with Gasteiger partial charge < -0.3 is 5.32 Å². The summed E-state index contributed by atoms with van der Waals surface area (Å²) in [6, 6.07) is 21.1. The minimum Gasteiger partial charge on any atom is -0.311 e. The van der Waals surface area contributed by atoms with Crippen LogP contribution in [-0.2, 0) is 6.54 Å². The van der Waals surface area contributed by atoms with Crippen LogP contribution in [-0.4, -0.2) is 40.5 Å². The highest BCUT2D eigenvalue weighted by Gasteiger charge is 2.41. The maximum atomic E-state index is 9.11. The first kappa shape index (κ1) is 22.2. The van der Waals surface area contributed by atoms with Crippen molar-refractivity contribution in [2.75, 3.05) is 19.6 Å². The van der Waals surface area contributed by atoms with Crippen molar-refractivity contribution in [2.45, 2.75) is 38.3 Å². The number of piperidine rings is 3. The fraction of sp³-hybridized carbons (Fsp3) is 0.370. The quantitative estimate of drug-likeness (QED) is 0.511. The Bertz CT molecular complexity index is 1190. The number of aromatic nitrogens is 2. The van der Waals surface area contributed by atoms with Crippen LogP contribution in [0.4, 0.5) is 0 Å². The smallest absolute Gasteiger partial charge is 0.126 e. The molecule has 6 rings (SSSR count). The maximum absolute atomic E-state index is 9.11. The number of nitriles is 1. The second kappa shape index (κ2) is 9.72. The van der Waals surface area contributed by atoms with Gasteiger partial charge >= 0.3 is 0 Å². The molecule has 3 aliphatic rings. The van der Waals surface area contributed by atoms with E-state index in [1.54, 1.807) is 0 Å². The molecule has 4 atom stereocenters. The van der Waals surface area contributed by atoms with E-state index in [0.29, 0.717) is 17.9 Å². The zero-order chi connectivity index (χ0) is 22.8. The molecule has 0 saturated carbocycles. The van der Waals surface area contributed by atoms with Crippen LogP contribution in [0, 0.1) is 24.2 Å². The predicted octanol–water partition coefficient (Wildman–Crippen LogP) is 5.05. The Hall–Kier alpha value is -2.59. The Morgan fingerprint density at radius 1 is 1.15 bits per heavy atom. The van der Waals surface area contributed by atoms with Crippen molar-refractivity contribution in [2.24, 2.45) is 5.92 Å². The maximum Gasteiger partial charge on any atom is 0.126 e. The number of aryl methyl sites for hydroxylation is 1. The van der Waals surface area contributed by atoms with Gasteiger partial charge in [0.05, 0.1) is 17.3 Å². The SMILES string of the molecule is Cc1nc(-c2ccccc2Br)cc([C@H]2CN3CC[C@H]2C[C@@H]3CNCc2cccc(C#N)c2)n1. The van der Waals surface area contributed by atoms with E-state index in [0.717, 1.165) is 46.8 Å². The van der Waals surface area contributed by atoms with E-state index >= 15 is 0 Å². The van der Waals surface area contributed by atoms with Crippen molar-refractivity contribution in [3.63, 3.8) is 0 Å². The number of halogens is 1. The molecule has 3 saturated heterocycles. The summed E-state index contributed by atoms with van der Waals surface area (Å²) >= 11 is 3.68. The Kier molecular flexibility index (Phi) is 6.55. The van der Waals surface area contributed by atoms with E-state index < -0.39 is 0 Å². The zero-order valence-electron chi connectivity index (χ0n) is 18.8. The summed E-state index contributed by atoms with van der Waals surface area (Å²) in [6.45, 7) is 6.00. The monoisotopic (exact) mass is 501 g/mol. The molecule has 33 heavy (non-hydrogen) atoms. The molecule has 1 unspecified atom stereocenters. The second-order valence-electron chi connectivity index (χ2n) is 9.19. The number of nitrogens with one attached hydrogen (secondary N) is 1. The van der Waals surface area contributed by atoms with Crippen molar-refractivity contribution >= 4 is 15.9 Å². The van der Waals surface area contributed by atoms with Gasteiger partial charge in [0.25, 0.3) is 0 Å². The molecule has 168 valence electrons. The average Bonchev–Trinajstić information content (AvgIpc) is 2.84. The number of rotatable bonds is 6. The summed E-state index contributed by atoms with van der Waals surface area (Å²) in [5.41, 5.74) is 5.19. The van der Waals surface area contributed by atoms with E-state index in [4.69, 9.17) is 15.2 Å². The van der Waals surface area contributed by atoms with Crippen LogP contribution in [0.5, 0.6) is 0 Å². The minimum atomic E-state index is 0.463. The molecule has 0 spiro atoms. The van der Waals surface area contributed by atoms with Gasteiger partial charge in [0.1, 0.15) is 5.82 Å². The van der Waals surface area contributed by atoms with Gasteiger partial charge in [-0.3, -0.25) is 4.90 Å². The molecule has 4 heterocycles. The fourth-order valence-corrected chi connectivity index (χ4v) is 5.90. The fourth-order valence-electron chi connectivity index (χ4n) is 5.41. The highest BCUT2D eigenvalue weighted by molar-refractivity contribution is 9.10. The van der Waals surface area contributed by atoms with Crippen LogP contribution in [0.25, 0.3) is 11.3 Å². The average molecular weight is 502 g/mol. The van der Waals surface area contributed by atoms with Gasteiger partial charge in [-0.1, -0.05) is 46.3 Å². The molecule has 0 radical (unpaired) electrons. The highest BCUT2D eigenvalue weighted by Crippen LogP contribution is 2.42. The van der Waals surface area contributed by atoms with Crippen molar-refractivity contribution in [1.82, 2.24) is 20.2 Å². The lowest BCUT2D eigenvalue weighted by molar-refractivity contribution is 0.0292. The Morgan fingerprint density at radius 2 is 2.03 bits per heavy atom. The molecule has 5 nitrogen and oxygen atoms in total. The van der Waals surface area contributed by atoms with Gasteiger partial charge in [0, 0.05) is 47.3 Å². The normalized spacial score (nSPS) is 23.9. The Morgan fingerprint density at radius 3 is 2.82 bits per heavy atom. The Balaban J connectivity index is 1.26. The van der Waals surface area contributed by atoms with Gasteiger partial charge in [-0.05, 0) is 62.1 Å². The van der Waals surface area contributed by atoms with Crippen molar-refractivity contribution in [3.8, 4) is 17.3 Å². The molecule has 0 aliphatic carbocycles. The van der Waals surface area contributed by atoms with Crippen molar-refractivity contribution in [1.29, 1.82) is 5.26 Å². The van der Waals surface area contributed by atoms with Crippen LogP contribution in [0.3, 0.4) is 0 Å². The molecule has 3 aliphatic heterocycles. The van der Waals surface area contributed by atoms with Crippen LogP contribution >= 0.6 is 15.9 Å². The number of nitrogens with zero attached hydrogens (tertiary/aromatic N) is 4. The first-order valence-corrected chi connectivity index (χ1v) is 12.4. The topological polar surface area (TPSA) is 64.8 Å². The van der Waals surface area contributed by atoms with E-state index in [1.165, 1.54) is 30.6 Å². The first-order chi connectivity index (χ1) is 16.1. The van der Waals surface area contributed by atoms with Gasteiger partial charge in [-0.2, -0.15) is 5.26 Å². The van der Waals surface area contributed by atoms with Gasteiger partial charge in [-0.15, -0.1) is 0 Å². The number of fused-ring (bicyclic) bond motifs is 3. The molecular weight excluding hydrogens is 474 g/mol. The molecule has 3 fully saturated rings. The predicted molar refractivity (Wildman–Crippen MR) is 134 cm³/mol. The van der Waals surface area contributed by atoms with Crippen LogP contribution in [0.15, 0.2) is 59.1 Å². The van der Waals surface area contributed by atoms with Crippen LogP contribution < -0.4 is 5.32 Å². The van der Waals surface area contributed by atoms with Gasteiger partial charge in [-0.25, -0.2) is 9.97 Å². The van der Waals surface area contributed by atoms with E-state index in [9.17, 15) is 0 Å². The van der Waals surface area contributed by atoms with Crippen molar-refractivity contribution in [3.05, 3.63) is 81.7 Å². The van der Waals surface area contributed by atoms with E-state index in [-0.39, 0.29) is 0 Å². The molecule has 3 aromatic rings. The standard InChI is InChI=1S/C27H28BrN5/c1-18-31-26(23-7-2-3-8-25(23)28)13-27(32-18)24-17-33-10-9-21(24)12-22(33)16-30-15-20-6-4-5-19(11-20)14-29/h2-8,11,13,21-22,24,30H,9-10,12,15-17H2,1H3/t21-,22+,24-/m0/s1. The lowest BCUT2D eigenvalue weighted by atomic mass is 9.74. The number of hydrogen-bond acceptors (Lipinski definition) is 5. The summed E-state index contributed by atoms with van der Waals surface area (Å²) < 4.78 is 1.06. The number of benzene rings is 2. The summed E-state index contributed by atoms with van der Waals surface area (Å²) in [5.74, 6) is 1.96. The van der Waals surface area contributed by atoms with Crippen LogP contribution in [0.2, 0.25) is 0 Å². The number of hydrogen-bond donors (Lipinski definition) is 1. The summed E-state index contributed by atoms with van der Waals surface area (Å²) in [6.07, 6.45) is 2.43. The summed E-state index contributed by atoms with van der Waals surface area (Å²) in [5, 5.41) is 12.7.